The molecule has 9 nitrogen and oxygen atoms in total. The molecule has 1 rings (SSSR count). The first-order chi connectivity index (χ1) is 10.8. The highest BCUT2D eigenvalue weighted by Crippen LogP contribution is 2.27. The van der Waals surface area contributed by atoms with Crippen molar-refractivity contribution in [3.63, 3.8) is 0 Å². The van der Waals surface area contributed by atoms with Crippen molar-refractivity contribution in [1.29, 1.82) is 0 Å². The van der Waals surface area contributed by atoms with Crippen LogP contribution in [0.4, 0.5) is 5.69 Å². The van der Waals surface area contributed by atoms with Gasteiger partial charge in [0.2, 0.25) is 0 Å². The molecular formula is C14H18N2O7. The summed E-state index contributed by atoms with van der Waals surface area (Å²) in [4.78, 5) is 28.6. The zero-order valence-electron chi connectivity index (χ0n) is 12.5. The summed E-state index contributed by atoms with van der Waals surface area (Å²) >= 11 is 0. The number of hydrogen-bond donors (Lipinski definition) is 3. The molecule has 1 aromatic carbocycles. The maximum absolute atomic E-state index is 10.8. The van der Waals surface area contributed by atoms with Crippen LogP contribution >= 0.6 is 0 Å². The quantitative estimate of drug-likeness (QED) is 0.223. The number of aryl methyl sites for hydroxylation is 1. The molecule has 0 spiro atoms. The molecule has 0 saturated heterocycles. The van der Waals surface area contributed by atoms with E-state index in [2.05, 4.69) is 11.9 Å². The van der Waals surface area contributed by atoms with Crippen LogP contribution in [-0.4, -0.2) is 46.8 Å². The topological polar surface area (TPSA) is 139 Å². The van der Waals surface area contributed by atoms with Gasteiger partial charge in [-0.2, -0.15) is 0 Å². The lowest BCUT2D eigenvalue weighted by Gasteiger charge is -2.07. The van der Waals surface area contributed by atoms with Gasteiger partial charge in [-0.3, -0.25) is 10.1 Å². The van der Waals surface area contributed by atoms with Gasteiger partial charge in [0.1, 0.15) is 6.61 Å². The van der Waals surface area contributed by atoms with Crippen LogP contribution in [0.15, 0.2) is 30.9 Å². The molecule has 0 aliphatic carbocycles. The van der Waals surface area contributed by atoms with E-state index in [1.54, 1.807) is 18.2 Å². The van der Waals surface area contributed by atoms with E-state index in [0.717, 1.165) is 5.56 Å². The molecule has 9 heteroatoms. The van der Waals surface area contributed by atoms with Crippen LogP contribution in [0.3, 0.4) is 0 Å². The van der Waals surface area contributed by atoms with Crippen LogP contribution in [0.2, 0.25) is 0 Å². The number of carboxylic acid groups (broad SMARTS) is 2. The average molecular weight is 326 g/mol. The number of rotatable bonds is 7. The van der Waals surface area contributed by atoms with E-state index < -0.39 is 16.9 Å². The Labute approximate surface area is 132 Å². The minimum Gasteiger partial charge on any atom is -0.485 e. The Morgan fingerprint density at radius 2 is 2.00 bits per heavy atom. The number of nitro groups is 1. The van der Waals surface area contributed by atoms with E-state index in [0.29, 0.717) is 25.4 Å². The minimum atomic E-state index is -1.82. The number of carbonyl (C=O) groups is 2. The summed E-state index contributed by atoms with van der Waals surface area (Å²) in [7, 11) is 0. The molecule has 0 unspecified atom stereocenters. The Bertz CT molecular complexity index is 560. The van der Waals surface area contributed by atoms with Crippen molar-refractivity contribution in [1.82, 2.24) is 5.32 Å². The first-order valence-electron chi connectivity index (χ1n) is 6.45. The van der Waals surface area contributed by atoms with E-state index in [-0.39, 0.29) is 5.69 Å². The molecule has 0 fully saturated rings. The third-order valence-corrected chi connectivity index (χ3v) is 2.32. The lowest BCUT2D eigenvalue weighted by molar-refractivity contribution is -0.385. The Morgan fingerprint density at radius 1 is 1.39 bits per heavy atom. The van der Waals surface area contributed by atoms with Crippen LogP contribution in [-0.2, 0) is 9.59 Å². The van der Waals surface area contributed by atoms with Gasteiger partial charge in [-0.05, 0) is 18.6 Å². The predicted octanol–water partition coefficient (Wildman–Crippen LogP) is 1.21. The van der Waals surface area contributed by atoms with Crippen molar-refractivity contribution in [3.8, 4) is 5.75 Å². The fraction of sp³-hybridized carbons (Fsp3) is 0.286. The number of nitrogens with zero attached hydrogens (tertiary/aromatic N) is 1. The first kappa shape index (κ1) is 20.1. The molecule has 0 aliphatic heterocycles. The fourth-order valence-corrected chi connectivity index (χ4v) is 1.33. The van der Waals surface area contributed by atoms with Gasteiger partial charge < -0.3 is 20.3 Å². The van der Waals surface area contributed by atoms with Gasteiger partial charge in [-0.25, -0.2) is 9.59 Å². The van der Waals surface area contributed by atoms with Crippen LogP contribution in [0.25, 0.3) is 0 Å². The monoisotopic (exact) mass is 326 g/mol. The summed E-state index contributed by atoms with van der Waals surface area (Å²) in [5.41, 5.74) is 0.850. The van der Waals surface area contributed by atoms with Crippen molar-refractivity contribution in [2.24, 2.45) is 0 Å². The number of benzene rings is 1. The van der Waals surface area contributed by atoms with Gasteiger partial charge in [-0.15, -0.1) is 6.58 Å². The Morgan fingerprint density at radius 3 is 2.48 bits per heavy atom. The maximum Gasteiger partial charge on any atom is 0.414 e. The second kappa shape index (κ2) is 10.7. The van der Waals surface area contributed by atoms with Gasteiger partial charge in [0, 0.05) is 19.2 Å². The average Bonchev–Trinajstić information content (AvgIpc) is 2.48. The second-order valence-corrected chi connectivity index (χ2v) is 4.18. The molecule has 0 aromatic heterocycles. The summed E-state index contributed by atoms with van der Waals surface area (Å²) in [6.07, 6.45) is 1.74. The van der Waals surface area contributed by atoms with Crippen LogP contribution in [0, 0.1) is 17.0 Å². The number of nitro benzene ring substituents is 1. The van der Waals surface area contributed by atoms with Crippen molar-refractivity contribution < 1.29 is 29.5 Å². The molecule has 1 aromatic rings. The number of ether oxygens (including phenoxy) is 1. The summed E-state index contributed by atoms with van der Waals surface area (Å²) in [6, 6.07) is 4.92. The van der Waals surface area contributed by atoms with Crippen LogP contribution < -0.4 is 10.1 Å². The van der Waals surface area contributed by atoms with Crippen LogP contribution in [0.1, 0.15) is 5.56 Å². The second-order valence-electron chi connectivity index (χ2n) is 4.18. The summed E-state index contributed by atoms with van der Waals surface area (Å²) < 4.78 is 5.36. The van der Waals surface area contributed by atoms with Crippen molar-refractivity contribution >= 4 is 17.6 Å². The zero-order valence-corrected chi connectivity index (χ0v) is 12.5. The zero-order chi connectivity index (χ0) is 17.8. The summed E-state index contributed by atoms with van der Waals surface area (Å²) in [6.45, 7) is 7.08. The standard InChI is InChI=1S/C12H16N2O3.C2H2O4/c1-3-6-13-7-8-17-12-5-4-10(2)9-11(12)14(15)16;3-1(4)2(5)6/h3-5,9,13H,1,6-8H2,2H3;(H,3,4)(H,5,6). The number of carboxylic acids is 2. The molecule has 0 radical (unpaired) electrons. The number of aliphatic carboxylic acids is 2. The van der Waals surface area contributed by atoms with E-state index in [1.807, 2.05) is 6.92 Å². The lowest BCUT2D eigenvalue weighted by Crippen LogP contribution is -2.21. The third-order valence-electron chi connectivity index (χ3n) is 2.32. The molecule has 0 atom stereocenters. The van der Waals surface area contributed by atoms with Crippen LogP contribution in [0.5, 0.6) is 5.75 Å². The molecule has 126 valence electrons. The van der Waals surface area contributed by atoms with E-state index in [1.165, 1.54) is 6.07 Å². The first-order valence-corrected chi connectivity index (χ1v) is 6.45. The highest BCUT2D eigenvalue weighted by Gasteiger charge is 2.14. The maximum atomic E-state index is 10.8. The smallest absolute Gasteiger partial charge is 0.414 e. The Hall–Kier alpha value is -2.94. The molecule has 0 aliphatic rings. The third kappa shape index (κ3) is 8.83. The van der Waals surface area contributed by atoms with E-state index in [9.17, 15) is 10.1 Å². The van der Waals surface area contributed by atoms with Gasteiger partial charge in [0.15, 0.2) is 5.75 Å². The van der Waals surface area contributed by atoms with Gasteiger partial charge in [-0.1, -0.05) is 12.1 Å². The fourth-order valence-electron chi connectivity index (χ4n) is 1.33. The van der Waals surface area contributed by atoms with E-state index >= 15 is 0 Å². The van der Waals surface area contributed by atoms with Gasteiger partial charge in [0.25, 0.3) is 0 Å². The largest absolute Gasteiger partial charge is 0.485 e. The molecule has 3 N–H and O–H groups in total. The predicted molar refractivity (Wildman–Crippen MR) is 81.7 cm³/mol. The molecule has 0 bridgehead atoms. The van der Waals surface area contributed by atoms with Crippen molar-refractivity contribution in [2.45, 2.75) is 6.92 Å². The normalized spacial score (nSPS) is 9.26. The van der Waals surface area contributed by atoms with Gasteiger partial charge >= 0.3 is 17.6 Å². The summed E-state index contributed by atoms with van der Waals surface area (Å²) in [5.74, 6) is -3.34. The Balaban J connectivity index is 0.000000688. The minimum absolute atomic E-state index is 0.00807. The molecular weight excluding hydrogens is 308 g/mol. The highest BCUT2D eigenvalue weighted by molar-refractivity contribution is 6.27. The molecule has 0 amide bonds. The van der Waals surface area contributed by atoms with Crippen molar-refractivity contribution in [3.05, 3.63) is 46.5 Å². The lowest BCUT2D eigenvalue weighted by atomic mass is 10.2. The molecule has 23 heavy (non-hydrogen) atoms. The van der Waals surface area contributed by atoms with E-state index in [4.69, 9.17) is 24.5 Å². The van der Waals surface area contributed by atoms with Gasteiger partial charge in [0.05, 0.1) is 4.92 Å². The SMILES string of the molecule is C=CCNCCOc1ccc(C)cc1[N+](=O)[O-].O=C(O)C(=O)O. The number of nitrogens with one attached hydrogen (secondary N) is 1. The highest BCUT2D eigenvalue weighted by atomic mass is 16.6. The number of hydrogen-bond acceptors (Lipinski definition) is 6. The summed E-state index contributed by atoms with van der Waals surface area (Å²) in [5, 5.41) is 28.6. The Kier molecular flexibility index (Phi) is 9.37. The molecule has 0 heterocycles. The van der Waals surface area contributed by atoms with Crippen molar-refractivity contribution in [2.75, 3.05) is 19.7 Å². The molecule has 0 saturated carbocycles.